The average Bonchev–Trinajstić information content (AvgIpc) is 2.34. The molecular formula is C12H15ClF3N3O. The standard InChI is InChI=1S/C12H15ClF3N3O/c1-7(2)19(6-12(14,15)16)10-4-3-8(5-9(10)13)11(17)18-20/h3-5,7,20H,6H2,1-2H3,(H2,17,18). The molecule has 0 atom stereocenters. The van der Waals surface area contributed by atoms with Crippen LogP contribution in [-0.4, -0.2) is 29.8 Å². The predicted molar refractivity (Wildman–Crippen MR) is 72.5 cm³/mol. The molecule has 0 aliphatic heterocycles. The normalized spacial score (nSPS) is 12.8. The number of halogens is 4. The molecule has 0 radical (unpaired) electrons. The highest BCUT2D eigenvalue weighted by Gasteiger charge is 2.32. The number of hydrogen-bond donors (Lipinski definition) is 2. The van der Waals surface area contributed by atoms with Gasteiger partial charge >= 0.3 is 6.18 Å². The quantitative estimate of drug-likeness (QED) is 0.388. The Bertz CT molecular complexity index is 503. The topological polar surface area (TPSA) is 61.8 Å². The van der Waals surface area contributed by atoms with E-state index in [1.165, 1.54) is 18.2 Å². The fourth-order valence-electron chi connectivity index (χ4n) is 1.70. The summed E-state index contributed by atoms with van der Waals surface area (Å²) in [5, 5.41) is 11.5. The van der Waals surface area contributed by atoms with Crippen LogP contribution in [0.3, 0.4) is 0 Å². The lowest BCUT2D eigenvalue weighted by Gasteiger charge is -2.30. The molecule has 1 rings (SSSR count). The highest BCUT2D eigenvalue weighted by molar-refractivity contribution is 6.33. The number of oxime groups is 1. The number of hydrogen-bond acceptors (Lipinski definition) is 3. The van der Waals surface area contributed by atoms with E-state index in [0.717, 1.165) is 4.90 Å². The molecular weight excluding hydrogens is 295 g/mol. The minimum absolute atomic E-state index is 0.104. The Labute approximate surface area is 119 Å². The van der Waals surface area contributed by atoms with E-state index in [-0.39, 0.29) is 22.6 Å². The number of nitrogens with zero attached hydrogens (tertiary/aromatic N) is 2. The maximum absolute atomic E-state index is 12.6. The molecule has 1 aromatic rings. The van der Waals surface area contributed by atoms with Crippen LogP contribution in [0.2, 0.25) is 5.02 Å². The van der Waals surface area contributed by atoms with Gasteiger partial charge in [0.05, 0.1) is 10.7 Å². The van der Waals surface area contributed by atoms with E-state index in [9.17, 15) is 13.2 Å². The third-order valence-electron chi connectivity index (χ3n) is 2.63. The minimum atomic E-state index is -4.34. The third kappa shape index (κ3) is 4.19. The monoisotopic (exact) mass is 309 g/mol. The number of rotatable bonds is 4. The highest BCUT2D eigenvalue weighted by atomic mass is 35.5. The van der Waals surface area contributed by atoms with E-state index in [4.69, 9.17) is 22.5 Å². The van der Waals surface area contributed by atoms with Gasteiger partial charge in [0.25, 0.3) is 0 Å². The first kappa shape index (κ1) is 16.4. The number of alkyl halides is 3. The van der Waals surface area contributed by atoms with Crippen molar-refractivity contribution >= 4 is 23.1 Å². The van der Waals surface area contributed by atoms with Crippen LogP contribution in [0, 0.1) is 0 Å². The molecule has 0 saturated carbocycles. The molecule has 0 fully saturated rings. The Morgan fingerprint density at radius 1 is 1.45 bits per heavy atom. The van der Waals surface area contributed by atoms with Gasteiger partial charge in [0, 0.05) is 11.6 Å². The van der Waals surface area contributed by atoms with Crippen molar-refractivity contribution in [1.82, 2.24) is 0 Å². The molecule has 4 nitrogen and oxygen atoms in total. The number of amidine groups is 1. The van der Waals surface area contributed by atoms with E-state index in [2.05, 4.69) is 5.16 Å². The van der Waals surface area contributed by atoms with Gasteiger partial charge < -0.3 is 15.8 Å². The van der Waals surface area contributed by atoms with E-state index in [0.29, 0.717) is 5.56 Å². The second kappa shape index (κ2) is 6.21. The molecule has 0 unspecified atom stereocenters. The van der Waals surface area contributed by atoms with Gasteiger partial charge in [-0.15, -0.1) is 0 Å². The fraction of sp³-hybridized carbons (Fsp3) is 0.417. The molecule has 0 amide bonds. The van der Waals surface area contributed by atoms with Crippen molar-refractivity contribution in [3.63, 3.8) is 0 Å². The van der Waals surface area contributed by atoms with Crippen LogP contribution in [-0.2, 0) is 0 Å². The zero-order valence-electron chi connectivity index (χ0n) is 10.9. The molecule has 3 N–H and O–H groups in total. The van der Waals surface area contributed by atoms with Crippen molar-refractivity contribution < 1.29 is 18.4 Å². The Balaban J connectivity index is 3.16. The van der Waals surface area contributed by atoms with Crippen LogP contribution < -0.4 is 10.6 Å². The van der Waals surface area contributed by atoms with Gasteiger partial charge in [-0.2, -0.15) is 13.2 Å². The van der Waals surface area contributed by atoms with Crippen LogP contribution in [0.25, 0.3) is 0 Å². The van der Waals surface area contributed by atoms with Gasteiger partial charge in [0.1, 0.15) is 6.54 Å². The van der Waals surface area contributed by atoms with Gasteiger partial charge in [-0.05, 0) is 32.0 Å². The summed E-state index contributed by atoms with van der Waals surface area (Å²) in [6, 6.07) is 3.84. The molecule has 0 aliphatic rings. The number of anilines is 1. The molecule has 0 spiro atoms. The van der Waals surface area contributed by atoms with Crippen LogP contribution in [0.15, 0.2) is 23.4 Å². The molecule has 0 saturated heterocycles. The molecule has 0 bridgehead atoms. The molecule has 1 aromatic carbocycles. The first-order chi connectivity index (χ1) is 9.15. The summed E-state index contributed by atoms with van der Waals surface area (Å²) in [7, 11) is 0. The first-order valence-electron chi connectivity index (χ1n) is 5.76. The van der Waals surface area contributed by atoms with E-state index < -0.39 is 12.7 Å². The number of benzene rings is 1. The van der Waals surface area contributed by atoms with Gasteiger partial charge in [0.15, 0.2) is 5.84 Å². The van der Waals surface area contributed by atoms with Crippen molar-refractivity contribution in [2.24, 2.45) is 10.9 Å². The zero-order valence-corrected chi connectivity index (χ0v) is 11.7. The highest BCUT2D eigenvalue weighted by Crippen LogP contribution is 2.31. The Morgan fingerprint density at radius 3 is 2.45 bits per heavy atom. The third-order valence-corrected chi connectivity index (χ3v) is 2.94. The van der Waals surface area contributed by atoms with Crippen molar-refractivity contribution in [3.8, 4) is 0 Å². The van der Waals surface area contributed by atoms with E-state index in [1.54, 1.807) is 13.8 Å². The lowest BCUT2D eigenvalue weighted by atomic mass is 10.1. The number of nitrogens with two attached hydrogens (primary N) is 1. The molecule has 8 heteroatoms. The summed E-state index contributed by atoms with van der Waals surface area (Å²) < 4.78 is 37.8. The Hall–Kier alpha value is -1.63. The molecule has 0 heterocycles. The SMILES string of the molecule is CC(C)N(CC(F)(F)F)c1ccc(C(N)=NO)cc1Cl. The summed E-state index contributed by atoms with van der Waals surface area (Å²) in [4.78, 5) is 1.14. The average molecular weight is 310 g/mol. The van der Waals surface area contributed by atoms with Gasteiger partial charge in [0.2, 0.25) is 0 Å². The van der Waals surface area contributed by atoms with Crippen molar-refractivity contribution in [2.75, 3.05) is 11.4 Å². The summed E-state index contributed by atoms with van der Waals surface area (Å²) in [6.07, 6.45) is -4.34. The van der Waals surface area contributed by atoms with Crippen molar-refractivity contribution in [2.45, 2.75) is 26.1 Å². The van der Waals surface area contributed by atoms with Crippen molar-refractivity contribution in [3.05, 3.63) is 28.8 Å². The van der Waals surface area contributed by atoms with Crippen LogP contribution in [0.1, 0.15) is 19.4 Å². The largest absolute Gasteiger partial charge is 0.409 e. The fourth-order valence-corrected chi connectivity index (χ4v) is 1.99. The van der Waals surface area contributed by atoms with Gasteiger partial charge in [-0.25, -0.2) is 0 Å². The summed E-state index contributed by atoms with van der Waals surface area (Å²) in [5.74, 6) is -0.162. The lowest BCUT2D eigenvalue weighted by Crippen LogP contribution is -2.39. The molecule has 0 aromatic heterocycles. The maximum Gasteiger partial charge on any atom is 0.405 e. The molecule has 0 aliphatic carbocycles. The van der Waals surface area contributed by atoms with E-state index >= 15 is 0 Å². The Morgan fingerprint density at radius 2 is 2.05 bits per heavy atom. The first-order valence-corrected chi connectivity index (χ1v) is 6.14. The van der Waals surface area contributed by atoms with Crippen LogP contribution in [0.4, 0.5) is 18.9 Å². The van der Waals surface area contributed by atoms with Crippen LogP contribution in [0.5, 0.6) is 0 Å². The van der Waals surface area contributed by atoms with E-state index in [1.807, 2.05) is 0 Å². The Kier molecular flexibility index (Phi) is 5.10. The zero-order chi connectivity index (χ0) is 15.5. The summed E-state index contributed by atoms with van der Waals surface area (Å²) in [6.45, 7) is 2.17. The molecule has 112 valence electrons. The summed E-state index contributed by atoms with van der Waals surface area (Å²) in [5.41, 5.74) is 5.97. The van der Waals surface area contributed by atoms with Gasteiger partial charge in [-0.3, -0.25) is 0 Å². The summed E-state index contributed by atoms with van der Waals surface area (Å²) >= 11 is 6.00. The van der Waals surface area contributed by atoms with Crippen molar-refractivity contribution in [1.29, 1.82) is 0 Å². The van der Waals surface area contributed by atoms with Crippen LogP contribution >= 0.6 is 11.6 Å². The second-order valence-electron chi connectivity index (χ2n) is 4.49. The lowest BCUT2D eigenvalue weighted by molar-refractivity contribution is -0.120. The smallest absolute Gasteiger partial charge is 0.405 e. The molecule has 20 heavy (non-hydrogen) atoms. The van der Waals surface area contributed by atoms with Gasteiger partial charge in [-0.1, -0.05) is 16.8 Å². The predicted octanol–water partition coefficient (Wildman–Crippen LogP) is 3.21. The maximum atomic E-state index is 12.6. The minimum Gasteiger partial charge on any atom is -0.409 e. The second-order valence-corrected chi connectivity index (χ2v) is 4.90.